The Bertz CT molecular complexity index is 434. The van der Waals surface area contributed by atoms with Crippen molar-refractivity contribution < 1.29 is 19.0 Å². The zero-order chi connectivity index (χ0) is 15.0. The van der Waals surface area contributed by atoms with E-state index in [1.807, 2.05) is 25.1 Å². The van der Waals surface area contributed by atoms with Crippen LogP contribution in [0.2, 0.25) is 0 Å². The predicted molar refractivity (Wildman–Crippen MR) is 77.3 cm³/mol. The van der Waals surface area contributed by atoms with Gasteiger partial charge in [0.2, 0.25) is 5.91 Å². The van der Waals surface area contributed by atoms with Crippen LogP contribution in [0.3, 0.4) is 0 Å². The average molecular weight is 281 g/mol. The van der Waals surface area contributed by atoms with Crippen LogP contribution in [0, 0.1) is 5.92 Å². The monoisotopic (exact) mass is 281 g/mol. The number of carbonyl (C=O) groups excluding carboxylic acids is 1. The van der Waals surface area contributed by atoms with Gasteiger partial charge in [0.25, 0.3) is 0 Å². The van der Waals surface area contributed by atoms with Crippen molar-refractivity contribution in [1.82, 2.24) is 5.32 Å². The summed E-state index contributed by atoms with van der Waals surface area (Å²) < 4.78 is 15.3. The summed E-state index contributed by atoms with van der Waals surface area (Å²) in [5.41, 5.74) is 1.04. The largest absolute Gasteiger partial charge is 0.493 e. The van der Waals surface area contributed by atoms with Crippen molar-refractivity contribution in [2.75, 3.05) is 34.5 Å². The molecule has 0 aromatic heterocycles. The molecule has 1 N–H and O–H groups in total. The van der Waals surface area contributed by atoms with Gasteiger partial charge in [0.1, 0.15) is 0 Å². The van der Waals surface area contributed by atoms with Crippen LogP contribution in [0.15, 0.2) is 18.2 Å². The lowest BCUT2D eigenvalue weighted by Crippen LogP contribution is -2.32. The van der Waals surface area contributed by atoms with E-state index in [2.05, 4.69) is 5.32 Å². The SMILES string of the molecule is COCCNC(=O)C(C)Cc1ccc(OC)c(OC)c1. The lowest BCUT2D eigenvalue weighted by molar-refractivity contribution is -0.124. The molecule has 0 bridgehead atoms. The topological polar surface area (TPSA) is 56.8 Å². The highest BCUT2D eigenvalue weighted by Crippen LogP contribution is 2.28. The zero-order valence-corrected chi connectivity index (χ0v) is 12.6. The minimum absolute atomic E-state index is 0.0248. The van der Waals surface area contributed by atoms with Crippen molar-refractivity contribution in [3.63, 3.8) is 0 Å². The summed E-state index contributed by atoms with van der Waals surface area (Å²) in [6.07, 6.45) is 0.652. The highest BCUT2D eigenvalue weighted by atomic mass is 16.5. The minimum Gasteiger partial charge on any atom is -0.493 e. The van der Waals surface area contributed by atoms with Crippen molar-refractivity contribution in [1.29, 1.82) is 0 Å². The van der Waals surface area contributed by atoms with E-state index in [1.165, 1.54) is 0 Å². The summed E-state index contributed by atoms with van der Waals surface area (Å²) in [6, 6.07) is 5.70. The van der Waals surface area contributed by atoms with E-state index in [9.17, 15) is 4.79 Å². The minimum atomic E-state index is -0.107. The normalized spacial score (nSPS) is 11.8. The van der Waals surface area contributed by atoms with Crippen molar-refractivity contribution in [2.24, 2.45) is 5.92 Å². The molecular formula is C15H23NO4. The quantitative estimate of drug-likeness (QED) is 0.736. The molecule has 1 rings (SSSR count). The molecule has 0 aliphatic rings. The second-order valence-corrected chi connectivity index (χ2v) is 4.58. The molecule has 0 heterocycles. The smallest absolute Gasteiger partial charge is 0.223 e. The standard InChI is InChI=1S/C15H23NO4/c1-11(15(17)16-7-8-18-2)9-12-5-6-13(19-3)14(10-12)20-4/h5-6,10-11H,7-9H2,1-4H3,(H,16,17). The van der Waals surface area contributed by atoms with Gasteiger partial charge >= 0.3 is 0 Å². The molecule has 5 nitrogen and oxygen atoms in total. The van der Waals surface area contributed by atoms with Gasteiger partial charge in [-0.15, -0.1) is 0 Å². The van der Waals surface area contributed by atoms with E-state index in [1.54, 1.807) is 21.3 Å². The summed E-state index contributed by atoms with van der Waals surface area (Å²) in [5, 5.41) is 2.83. The van der Waals surface area contributed by atoms with Gasteiger partial charge in [-0.3, -0.25) is 4.79 Å². The molecule has 0 aliphatic heterocycles. The number of methoxy groups -OCH3 is 3. The Morgan fingerprint density at radius 2 is 1.90 bits per heavy atom. The van der Waals surface area contributed by atoms with Gasteiger partial charge in [-0.2, -0.15) is 0 Å². The van der Waals surface area contributed by atoms with Crippen LogP contribution in [-0.4, -0.2) is 40.4 Å². The Hall–Kier alpha value is -1.75. The molecule has 0 fully saturated rings. The molecule has 112 valence electrons. The van der Waals surface area contributed by atoms with E-state index in [-0.39, 0.29) is 11.8 Å². The maximum absolute atomic E-state index is 11.9. The summed E-state index contributed by atoms with van der Waals surface area (Å²) in [6.45, 7) is 2.96. The fraction of sp³-hybridized carbons (Fsp3) is 0.533. The third kappa shape index (κ3) is 4.74. The molecule has 0 saturated heterocycles. The Labute approximate surface area is 120 Å². The van der Waals surface area contributed by atoms with Crippen LogP contribution in [0.25, 0.3) is 0 Å². The fourth-order valence-corrected chi connectivity index (χ4v) is 1.90. The highest BCUT2D eigenvalue weighted by molar-refractivity contribution is 5.78. The molecule has 5 heteroatoms. The first kappa shape index (κ1) is 16.3. The van der Waals surface area contributed by atoms with E-state index in [0.717, 1.165) is 5.56 Å². The molecule has 0 aliphatic carbocycles. The van der Waals surface area contributed by atoms with Gasteiger partial charge in [-0.05, 0) is 24.1 Å². The number of carbonyl (C=O) groups is 1. The third-order valence-corrected chi connectivity index (χ3v) is 3.04. The first-order valence-corrected chi connectivity index (χ1v) is 6.60. The van der Waals surface area contributed by atoms with Crippen LogP contribution in [0.4, 0.5) is 0 Å². The van der Waals surface area contributed by atoms with E-state index in [4.69, 9.17) is 14.2 Å². The van der Waals surface area contributed by atoms with Crippen LogP contribution in [0.5, 0.6) is 11.5 Å². The number of hydrogen-bond acceptors (Lipinski definition) is 4. The second-order valence-electron chi connectivity index (χ2n) is 4.58. The lowest BCUT2D eigenvalue weighted by Gasteiger charge is -2.14. The summed E-state index contributed by atoms with van der Waals surface area (Å²) in [4.78, 5) is 11.9. The Balaban J connectivity index is 2.61. The summed E-state index contributed by atoms with van der Waals surface area (Å²) in [5.74, 6) is 1.28. The Kier molecular flexibility index (Phi) is 6.87. The molecule has 1 unspecified atom stereocenters. The molecule has 0 saturated carbocycles. The Morgan fingerprint density at radius 1 is 1.20 bits per heavy atom. The number of rotatable bonds is 8. The Morgan fingerprint density at radius 3 is 2.50 bits per heavy atom. The van der Waals surface area contributed by atoms with Gasteiger partial charge in [0.05, 0.1) is 20.8 Å². The van der Waals surface area contributed by atoms with Crippen LogP contribution in [-0.2, 0) is 16.0 Å². The molecule has 20 heavy (non-hydrogen) atoms. The molecule has 0 spiro atoms. The van der Waals surface area contributed by atoms with Gasteiger partial charge in [0, 0.05) is 19.6 Å². The first-order valence-electron chi connectivity index (χ1n) is 6.60. The zero-order valence-electron chi connectivity index (χ0n) is 12.6. The first-order chi connectivity index (χ1) is 9.62. The molecule has 1 amide bonds. The average Bonchev–Trinajstić information content (AvgIpc) is 2.47. The van der Waals surface area contributed by atoms with E-state index >= 15 is 0 Å². The van der Waals surface area contributed by atoms with Crippen LogP contribution in [0.1, 0.15) is 12.5 Å². The summed E-state index contributed by atoms with van der Waals surface area (Å²) >= 11 is 0. The number of amides is 1. The summed E-state index contributed by atoms with van der Waals surface area (Å²) in [7, 11) is 4.81. The van der Waals surface area contributed by atoms with Crippen molar-refractivity contribution in [3.8, 4) is 11.5 Å². The van der Waals surface area contributed by atoms with Crippen LogP contribution < -0.4 is 14.8 Å². The lowest BCUT2D eigenvalue weighted by atomic mass is 10.00. The van der Waals surface area contributed by atoms with Gasteiger partial charge in [-0.1, -0.05) is 13.0 Å². The van der Waals surface area contributed by atoms with E-state index in [0.29, 0.717) is 31.1 Å². The van der Waals surface area contributed by atoms with E-state index < -0.39 is 0 Å². The molecule has 1 atom stereocenters. The van der Waals surface area contributed by atoms with Crippen molar-refractivity contribution in [2.45, 2.75) is 13.3 Å². The van der Waals surface area contributed by atoms with Gasteiger partial charge in [0.15, 0.2) is 11.5 Å². The number of benzene rings is 1. The maximum atomic E-state index is 11.9. The molecule has 0 radical (unpaired) electrons. The third-order valence-electron chi connectivity index (χ3n) is 3.04. The van der Waals surface area contributed by atoms with Gasteiger partial charge < -0.3 is 19.5 Å². The van der Waals surface area contributed by atoms with Gasteiger partial charge in [-0.25, -0.2) is 0 Å². The highest BCUT2D eigenvalue weighted by Gasteiger charge is 2.14. The molecule has 1 aromatic rings. The number of ether oxygens (including phenoxy) is 3. The van der Waals surface area contributed by atoms with Crippen molar-refractivity contribution >= 4 is 5.91 Å². The number of hydrogen-bond donors (Lipinski definition) is 1. The molecular weight excluding hydrogens is 258 g/mol. The predicted octanol–water partition coefficient (Wildman–Crippen LogP) is 1.64. The fourth-order valence-electron chi connectivity index (χ4n) is 1.90. The van der Waals surface area contributed by atoms with Crippen molar-refractivity contribution in [3.05, 3.63) is 23.8 Å². The number of nitrogens with one attached hydrogen (secondary N) is 1. The van der Waals surface area contributed by atoms with Crippen LogP contribution >= 0.6 is 0 Å². The molecule has 1 aromatic carbocycles. The second kappa shape index (κ2) is 8.43. The maximum Gasteiger partial charge on any atom is 0.223 e.